The van der Waals surface area contributed by atoms with Crippen molar-refractivity contribution in [1.82, 2.24) is 0 Å². The van der Waals surface area contributed by atoms with Gasteiger partial charge in [-0.05, 0) is 38.0 Å². The highest BCUT2D eigenvalue weighted by atomic mass is 16.5. The third-order valence-corrected chi connectivity index (χ3v) is 3.54. The highest BCUT2D eigenvalue weighted by molar-refractivity contribution is 6.05. The standard InChI is InChI=1S/C20H25N3O/c1-5-7-10-16(3)15-23(19(22)13-9-14-21)20-17(6-2)11-8-12-18(20)24-4/h5,7-13,22H,6,15H2,1-4H3/b7-5+,13-9+,16-10-,22-19?. The van der Waals surface area contributed by atoms with E-state index in [1.165, 1.54) is 12.2 Å². The zero-order chi connectivity index (χ0) is 17.9. The molecule has 1 aromatic carbocycles. The molecule has 0 saturated carbocycles. The maximum Gasteiger partial charge on any atom is 0.142 e. The van der Waals surface area contributed by atoms with E-state index >= 15 is 0 Å². The predicted molar refractivity (Wildman–Crippen MR) is 101 cm³/mol. The topological polar surface area (TPSA) is 60.1 Å². The lowest BCUT2D eigenvalue weighted by molar-refractivity contribution is 0.415. The summed E-state index contributed by atoms with van der Waals surface area (Å²) in [6, 6.07) is 7.84. The Balaban J connectivity index is 3.40. The summed E-state index contributed by atoms with van der Waals surface area (Å²) in [4.78, 5) is 1.88. The number of nitrogens with one attached hydrogen (secondary N) is 1. The van der Waals surface area contributed by atoms with Gasteiger partial charge < -0.3 is 9.64 Å². The van der Waals surface area contributed by atoms with E-state index < -0.39 is 0 Å². The van der Waals surface area contributed by atoms with Crippen LogP contribution in [0, 0.1) is 16.7 Å². The van der Waals surface area contributed by atoms with Gasteiger partial charge in [0.15, 0.2) is 0 Å². The van der Waals surface area contributed by atoms with Crippen LogP contribution in [0.2, 0.25) is 0 Å². The molecule has 0 fully saturated rings. The minimum Gasteiger partial charge on any atom is -0.495 e. The molecular formula is C20H25N3O. The van der Waals surface area contributed by atoms with Crippen molar-refractivity contribution < 1.29 is 4.74 Å². The average Bonchev–Trinajstić information content (AvgIpc) is 2.61. The first-order valence-electron chi connectivity index (χ1n) is 7.95. The number of anilines is 1. The van der Waals surface area contributed by atoms with E-state index in [1.54, 1.807) is 7.11 Å². The number of hydrogen-bond donors (Lipinski definition) is 1. The monoisotopic (exact) mass is 323 g/mol. The summed E-state index contributed by atoms with van der Waals surface area (Å²) in [7, 11) is 1.63. The molecule has 0 aliphatic heterocycles. The molecule has 4 heteroatoms. The maximum atomic E-state index is 8.77. The molecule has 0 atom stereocenters. The van der Waals surface area contributed by atoms with Gasteiger partial charge in [-0.1, -0.05) is 42.9 Å². The molecule has 0 saturated heterocycles. The Morgan fingerprint density at radius 2 is 2.17 bits per heavy atom. The largest absolute Gasteiger partial charge is 0.495 e. The number of para-hydroxylation sites is 1. The number of amidine groups is 1. The van der Waals surface area contributed by atoms with E-state index in [-0.39, 0.29) is 5.84 Å². The zero-order valence-corrected chi connectivity index (χ0v) is 14.8. The Labute approximate surface area is 144 Å². The van der Waals surface area contributed by atoms with Crippen molar-refractivity contribution >= 4 is 11.5 Å². The van der Waals surface area contributed by atoms with Crippen molar-refractivity contribution in [3.05, 3.63) is 59.7 Å². The minimum atomic E-state index is 0.254. The van der Waals surface area contributed by atoms with Gasteiger partial charge in [0.1, 0.15) is 11.6 Å². The van der Waals surface area contributed by atoms with Gasteiger partial charge in [0.2, 0.25) is 0 Å². The van der Waals surface area contributed by atoms with Crippen LogP contribution in [-0.2, 0) is 6.42 Å². The van der Waals surface area contributed by atoms with Gasteiger partial charge in [0.05, 0.1) is 18.9 Å². The van der Waals surface area contributed by atoms with E-state index in [9.17, 15) is 0 Å². The Morgan fingerprint density at radius 3 is 2.75 bits per heavy atom. The lowest BCUT2D eigenvalue weighted by Crippen LogP contribution is -2.31. The molecule has 1 rings (SSSR count). The Bertz CT molecular complexity index is 671. The van der Waals surface area contributed by atoms with E-state index in [1.807, 2.05) is 61.2 Å². The molecule has 0 spiro atoms. The Morgan fingerprint density at radius 1 is 1.42 bits per heavy atom. The number of allylic oxidation sites excluding steroid dienone is 4. The lowest BCUT2D eigenvalue weighted by atomic mass is 10.1. The number of hydrogen-bond acceptors (Lipinski definition) is 3. The third-order valence-electron chi connectivity index (χ3n) is 3.54. The molecule has 0 unspecified atom stereocenters. The second-order valence-electron chi connectivity index (χ2n) is 5.29. The molecule has 1 aromatic rings. The van der Waals surface area contributed by atoms with Crippen molar-refractivity contribution in [1.29, 1.82) is 10.7 Å². The minimum absolute atomic E-state index is 0.254. The van der Waals surface area contributed by atoms with Gasteiger partial charge in [0.25, 0.3) is 0 Å². The Hall–Kier alpha value is -2.80. The second-order valence-corrected chi connectivity index (χ2v) is 5.29. The van der Waals surface area contributed by atoms with Crippen LogP contribution in [0.5, 0.6) is 5.75 Å². The molecule has 1 N–H and O–H groups in total. The molecule has 0 aliphatic rings. The van der Waals surface area contributed by atoms with Crippen molar-refractivity contribution in [3.8, 4) is 11.8 Å². The maximum absolute atomic E-state index is 8.77. The van der Waals surface area contributed by atoms with Crippen LogP contribution in [0.25, 0.3) is 0 Å². The van der Waals surface area contributed by atoms with Gasteiger partial charge >= 0.3 is 0 Å². The summed E-state index contributed by atoms with van der Waals surface area (Å²) < 4.78 is 5.53. The van der Waals surface area contributed by atoms with Crippen LogP contribution < -0.4 is 9.64 Å². The number of rotatable bonds is 7. The molecule has 0 bridgehead atoms. The van der Waals surface area contributed by atoms with Crippen molar-refractivity contribution in [2.75, 3.05) is 18.6 Å². The summed E-state index contributed by atoms with van der Waals surface area (Å²) in [5.41, 5.74) is 3.09. The van der Waals surface area contributed by atoms with Gasteiger partial charge in [-0.2, -0.15) is 5.26 Å². The highest BCUT2D eigenvalue weighted by Gasteiger charge is 2.18. The van der Waals surface area contributed by atoms with Crippen molar-refractivity contribution in [3.63, 3.8) is 0 Å². The molecule has 4 nitrogen and oxygen atoms in total. The number of nitrogens with zero attached hydrogens (tertiary/aromatic N) is 2. The summed E-state index contributed by atoms with van der Waals surface area (Å²) >= 11 is 0. The molecule has 126 valence electrons. The molecule has 0 heterocycles. The van der Waals surface area contributed by atoms with Gasteiger partial charge in [0, 0.05) is 12.6 Å². The predicted octanol–water partition coefficient (Wildman–Crippen LogP) is 4.64. The van der Waals surface area contributed by atoms with Crippen molar-refractivity contribution in [2.45, 2.75) is 27.2 Å². The first kappa shape index (κ1) is 19.2. The van der Waals surface area contributed by atoms with Gasteiger partial charge in [-0.15, -0.1) is 0 Å². The summed E-state index contributed by atoms with van der Waals surface area (Å²) in [5.74, 6) is 0.979. The zero-order valence-electron chi connectivity index (χ0n) is 14.8. The highest BCUT2D eigenvalue weighted by Crippen LogP contribution is 2.33. The van der Waals surface area contributed by atoms with Crippen LogP contribution in [0.3, 0.4) is 0 Å². The number of benzene rings is 1. The normalized spacial score (nSPS) is 11.7. The van der Waals surface area contributed by atoms with Crippen LogP contribution in [0.15, 0.2) is 54.2 Å². The van der Waals surface area contributed by atoms with E-state index in [2.05, 4.69) is 6.92 Å². The lowest BCUT2D eigenvalue weighted by Gasteiger charge is -2.28. The molecule has 0 amide bonds. The number of nitriles is 1. The average molecular weight is 323 g/mol. The number of methoxy groups -OCH3 is 1. The smallest absolute Gasteiger partial charge is 0.142 e. The molecule has 24 heavy (non-hydrogen) atoms. The van der Waals surface area contributed by atoms with E-state index in [4.69, 9.17) is 15.4 Å². The quantitative estimate of drug-likeness (QED) is 0.344. The van der Waals surface area contributed by atoms with Gasteiger partial charge in [-0.25, -0.2) is 0 Å². The fraction of sp³-hybridized carbons (Fsp3) is 0.300. The van der Waals surface area contributed by atoms with Gasteiger partial charge in [-0.3, -0.25) is 5.41 Å². The molecular weight excluding hydrogens is 298 g/mol. The molecule has 0 radical (unpaired) electrons. The summed E-state index contributed by atoms with van der Waals surface area (Å²) in [6.45, 7) is 6.62. The fourth-order valence-electron chi connectivity index (χ4n) is 2.38. The summed E-state index contributed by atoms with van der Waals surface area (Å²) in [6.07, 6.45) is 9.63. The van der Waals surface area contributed by atoms with Crippen LogP contribution in [0.4, 0.5) is 5.69 Å². The molecule has 0 aliphatic carbocycles. The van der Waals surface area contributed by atoms with Crippen molar-refractivity contribution in [2.24, 2.45) is 0 Å². The number of ether oxygens (including phenoxy) is 1. The number of aryl methyl sites for hydroxylation is 1. The Kier molecular flexibility index (Phi) is 8.07. The SMILES string of the molecule is C/C=C/C=C(/C)CN(C(=N)/C=C/C#N)c1c(CC)cccc1OC. The third kappa shape index (κ3) is 5.13. The van der Waals surface area contributed by atoms with Crippen LogP contribution in [-0.4, -0.2) is 19.5 Å². The molecule has 0 aromatic heterocycles. The van der Waals surface area contributed by atoms with Crippen LogP contribution >= 0.6 is 0 Å². The first-order valence-corrected chi connectivity index (χ1v) is 7.95. The van der Waals surface area contributed by atoms with Crippen LogP contribution in [0.1, 0.15) is 26.3 Å². The first-order chi connectivity index (χ1) is 11.6. The van der Waals surface area contributed by atoms with E-state index in [0.29, 0.717) is 6.54 Å². The summed E-state index contributed by atoms with van der Waals surface area (Å²) in [5, 5.41) is 17.2. The second kappa shape index (κ2) is 10.1. The fourth-order valence-corrected chi connectivity index (χ4v) is 2.38. The van der Waals surface area contributed by atoms with E-state index in [0.717, 1.165) is 29.0 Å².